The first kappa shape index (κ1) is 20.0. The minimum atomic E-state index is -2.90. The van der Waals surface area contributed by atoms with Crippen molar-refractivity contribution in [2.45, 2.75) is 44.9 Å². The third kappa shape index (κ3) is 4.57. The predicted octanol–water partition coefficient (Wildman–Crippen LogP) is 3.73. The van der Waals surface area contributed by atoms with Gasteiger partial charge in [0.25, 0.3) is 0 Å². The van der Waals surface area contributed by atoms with E-state index in [-0.39, 0.29) is 17.8 Å². The third-order valence-electron chi connectivity index (χ3n) is 5.15. The molecule has 1 aliphatic carbocycles. The summed E-state index contributed by atoms with van der Waals surface area (Å²) in [5, 5.41) is 17.4. The average Bonchev–Trinajstić information content (AvgIpc) is 3.02. The second-order valence-corrected chi connectivity index (χ2v) is 7.26. The van der Waals surface area contributed by atoms with Crippen molar-refractivity contribution in [2.75, 3.05) is 19.4 Å². The van der Waals surface area contributed by atoms with Crippen LogP contribution in [0.15, 0.2) is 24.5 Å². The molecule has 2 heterocycles. The number of ether oxygens (including phenoxy) is 1. The number of aromatic nitrogens is 3. The molecule has 28 heavy (non-hydrogen) atoms. The highest BCUT2D eigenvalue weighted by Crippen LogP contribution is 2.36. The van der Waals surface area contributed by atoms with E-state index in [9.17, 15) is 14.0 Å². The van der Waals surface area contributed by atoms with Crippen molar-refractivity contribution < 1.29 is 13.5 Å². The number of alkyl halides is 2. The molecule has 3 rings (SSSR count). The van der Waals surface area contributed by atoms with E-state index >= 15 is 0 Å². The first-order chi connectivity index (χ1) is 13.4. The van der Waals surface area contributed by atoms with E-state index in [1.807, 2.05) is 31.9 Å². The molecule has 9 heteroatoms. The van der Waals surface area contributed by atoms with Crippen molar-refractivity contribution >= 4 is 11.5 Å². The van der Waals surface area contributed by atoms with Gasteiger partial charge in [0.2, 0.25) is 5.88 Å². The Hall–Kier alpha value is -2.73. The molecule has 1 fully saturated rings. The lowest BCUT2D eigenvalue weighted by atomic mass is 9.82. The predicted molar refractivity (Wildman–Crippen MR) is 101 cm³/mol. The smallest absolute Gasteiger partial charge is 0.388 e. The summed E-state index contributed by atoms with van der Waals surface area (Å²) in [5.74, 6) is 0.411. The van der Waals surface area contributed by atoms with Gasteiger partial charge in [0.15, 0.2) is 5.82 Å². The van der Waals surface area contributed by atoms with Crippen LogP contribution in [0, 0.1) is 24.2 Å². The number of anilines is 2. The van der Waals surface area contributed by atoms with Gasteiger partial charge >= 0.3 is 6.61 Å². The molecular formula is C19H24F2N6O. The monoisotopic (exact) mass is 390 g/mol. The lowest BCUT2D eigenvalue weighted by Gasteiger charge is -2.35. The Balaban J connectivity index is 1.72. The van der Waals surface area contributed by atoms with Crippen molar-refractivity contribution in [1.82, 2.24) is 19.7 Å². The van der Waals surface area contributed by atoms with Crippen LogP contribution in [-0.2, 0) is 0 Å². The Labute approximate surface area is 162 Å². The van der Waals surface area contributed by atoms with Gasteiger partial charge in [-0.3, -0.25) is 4.68 Å². The van der Waals surface area contributed by atoms with Gasteiger partial charge in [0.1, 0.15) is 0 Å². The number of nitriles is 1. The molecule has 0 radical (unpaired) electrons. The minimum absolute atomic E-state index is 0.0374. The Morgan fingerprint density at radius 3 is 2.75 bits per heavy atom. The van der Waals surface area contributed by atoms with E-state index in [0.29, 0.717) is 17.5 Å². The molecule has 7 nitrogen and oxygen atoms in total. The summed E-state index contributed by atoms with van der Waals surface area (Å²) in [7, 11) is 4.09. The van der Waals surface area contributed by atoms with Gasteiger partial charge in [0, 0.05) is 23.9 Å². The maximum absolute atomic E-state index is 12.2. The van der Waals surface area contributed by atoms with E-state index in [1.165, 1.54) is 12.3 Å². The van der Waals surface area contributed by atoms with Gasteiger partial charge in [-0.15, -0.1) is 0 Å². The standard InChI is InChI=1S/C19H24F2N6O/c1-12-11-27(16-6-5-15(26(2)3)8-13(16)9-22)25-18(12)24-14-4-7-17(23-10-14)28-19(20)21/h4,7,10-11,13,15-16,19H,5-6,8H2,1-3H3,(H,24,25)/t13?,15-,16+/m0/s1. The molecule has 150 valence electrons. The molecule has 0 saturated heterocycles. The van der Waals surface area contributed by atoms with Crippen LogP contribution in [0.1, 0.15) is 30.9 Å². The molecule has 2 aromatic heterocycles. The van der Waals surface area contributed by atoms with Gasteiger partial charge in [-0.2, -0.15) is 19.1 Å². The maximum Gasteiger partial charge on any atom is 0.388 e. The first-order valence-corrected chi connectivity index (χ1v) is 9.17. The van der Waals surface area contributed by atoms with Crippen molar-refractivity contribution in [2.24, 2.45) is 5.92 Å². The molecule has 3 atom stereocenters. The zero-order valence-electron chi connectivity index (χ0n) is 16.1. The number of nitrogens with zero attached hydrogens (tertiary/aromatic N) is 5. The minimum Gasteiger partial charge on any atom is -0.417 e. The Kier molecular flexibility index (Phi) is 6.09. The van der Waals surface area contributed by atoms with Crippen LogP contribution in [0.25, 0.3) is 0 Å². The van der Waals surface area contributed by atoms with Crippen LogP contribution in [0.2, 0.25) is 0 Å². The number of halogens is 2. The highest BCUT2D eigenvalue weighted by molar-refractivity contribution is 5.58. The summed E-state index contributed by atoms with van der Waals surface area (Å²) in [5.41, 5.74) is 1.54. The van der Waals surface area contributed by atoms with Crippen LogP contribution in [0.3, 0.4) is 0 Å². The number of aryl methyl sites for hydroxylation is 1. The van der Waals surface area contributed by atoms with Gasteiger partial charge in [0.05, 0.1) is 29.9 Å². The average molecular weight is 390 g/mol. The quantitative estimate of drug-likeness (QED) is 0.810. The summed E-state index contributed by atoms with van der Waals surface area (Å²) in [6, 6.07) is 5.86. The third-order valence-corrected chi connectivity index (χ3v) is 5.15. The number of pyridine rings is 1. The summed E-state index contributed by atoms with van der Waals surface area (Å²) in [4.78, 5) is 6.02. The molecule has 1 N–H and O–H groups in total. The normalized spacial score (nSPS) is 22.3. The van der Waals surface area contributed by atoms with Gasteiger partial charge in [-0.1, -0.05) is 0 Å². The fourth-order valence-electron chi connectivity index (χ4n) is 3.58. The second kappa shape index (κ2) is 8.52. The van der Waals surface area contributed by atoms with E-state index in [1.54, 1.807) is 6.07 Å². The molecule has 0 aliphatic heterocycles. The fourth-order valence-corrected chi connectivity index (χ4v) is 3.58. The topological polar surface area (TPSA) is 79.0 Å². The van der Waals surface area contributed by atoms with Crippen LogP contribution in [0.5, 0.6) is 5.88 Å². The highest BCUT2D eigenvalue weighted by Gasteiger charge is 2.33. The second-order valence-electron chi connectivity index (χ2n) is 7.26. The molecule has 1 unspecified atom stereocenters. The largest absolute Gasteiger partial charge is 0.417 e. The van der Waals surface area contributed by atoms with Crippen molar-refractivity contribution in [3.63, 3.8) is 0 Å². The van der Waals surface area contributed by atoms with Crippen molar-refractivity contribution in [3.8, 4) is 11.9 Å². The van der Waals surface area contributed by atoms with Crippen molar-refractivity contribution in [1.29, 1.82) is 5.26 Å². The summed E-state index contributed by atoms with van der Waals surface area (Å²) < 4.78 is 30.6. The molecule has 0 amide bonds. The van der Waals surface area contributed by atoms with Crippen molar-refractivity contribution in [3.05, 3.63) is 30.1 Å². The van der Waals surface area contributed by atoms with E-state index in [4.69, 9.17) is 0 Å². The fraction of sp³-hybridized carbons (Fsp3) is 0.526. The lowest BCUT2D eigenvalue weighted by Crippen LogP contribution is -2.37. The van der Waals surface area contributed by atoms with Gasteiger partial charge < -0.3 is 15.0 Å². The molecular weight excluding hydrogens is 366 g/mol. The first-order valence-electron chi connectivity index (χ1n) is 9.17. The number of hydrogen-bond acceptors (Lipinski definition) is 6. The Morgan fingerprint density at radius 1 is 1.36 bits per heavy atom. The van der Waals surface area contributed by atoms with Crippen LogP contribution in [0.4, 0.5) is 20.3 Å². The van der Waals surface area contributed by atoms with E-state index in [0.717, 1.165) is 24.8 Å². The number of rotatable bonds is 6. The van der Waals surface area contributed by atoms with Crippen LogP contribution < -0.4 is 10.1 Å². The van der Waals surface area contributed by atoms with E-state index in [2.05, 4.69) is 31.1 Å². The Bertz CT molecular complexity index is 830. The maximum atomic E-state index is 12.2. The zero-order valence-corrected chi connectivity index (χ0v) is 16.1. The zero-order chi connectivity index (χ0) is 20.3. The van der Waals surface area contributed by atoms with E-state index < -0.39 is 6.61 Å². The van der Waals surface area contributed by atoms with Gasteiger partial charge in [-0.25, -0.2) is 4.98 Å². The lowest BCUT2D eigenvalue weighted by molar-refractivity contribution is -0.0528. The van der Waals surface area contributed by atoms with Crippen LogP contribution >= 0.6 is 0 Å². The van der Waals surface area contributed by atoms with Crippen LogP contribution in [-0.4, -0.2) is 46.4 Å². The molecule has 1 saturated carbocycles. The molecule has 0 spiro atoms. The molecule has 2 aromatic rings. The molecule has 0 aromatic carbocycles. The number of hydrogen-bond donors (Lipinski definition) is 1. The summed E-state index contributed by atoms with van der Waals surface area (Å²) in [6.45, 7) is -0.972. The molecule has 0 bridgehead atoms. The Morgan fingerprint density at radius 2 is 2.14 bits per heavy atom. The summed E-state index contributed by atoms with van der Waals surface area (Å²) in [6.07, 6.45) is 6.09. The molecule has 1 aliphatic rings. The number of nitrogens with one attached hydrogen (secondary N) is 1. The SMILES string of the molecule is Cc1cn([C@@H]2CC[C@H](N(C)C)CC2C#N)nc1Nc1ccc(OC(F)F)nc1. The summed E-state index contributed by atoms with van der Waals surface area (Å²) >= 11 is 0. The highest BCUT2D eigenvalue weighted by atomic mass is 19.3. The van der Waals surface area contributed by atoms with Gasteiger partial charge in [-0.05, 0) is 46.3 Å².